The molecule has 19 heavy (non-hydrogen) atoms. The molecule has 0 radical (unpaired) electrons. The third-order valence-corrected chi connectivity index (χ3v) is 2.87. The monoisotopic (exact) mass is 328 g/mol. The molecule has 0 amide bonds. The van der Waals surface area contributed by atoms with Crippen molar-refractivity contribution < 1.29 is 13.7 Å². The van der Waals surface area contributed by atoms with Gasteiger partial charge in [0.2, 0.25) is 0 Å². The predicted octanol–water partition coefficient (Wildman–Crippen LogP) is 4.38. The average Bonchev–Trinajstić information content (AvgIpc) is 2.35. The molecule has 0 saturated carbocycles. The fourth-order valence-electron chi connectivity index (χ4n) is 1.51. The maximum absolute atomic E-state index is 13.5. The van der Waals surface area contributed by atoms with Crippen molar-refractivity contribution >= 4 is 33.0 Å². The Kier molecular flexibility index (Phi) is 3.75. The van der Waals surface area contributed by atoms with Gasteiger partial charge < -0.3 is 5.32 Å². The smallest absolute Gasteiger partial charge is 0.293 e. The van der Waals surface area contributed by atoms with E-state index >= 15 is 0 Å². The van der Waals surface area contributed by atoms with Gasteiger partial charge in [0, 0.05) is 10.5 Å². The maximum Gasteiger partial charge on any atom is 0.293 e. The summed E-state index contributed by atoms with van der Waals surface area (Å²) in [6.07, 6.45) is 0. The van der Waals surface area contributed by atoms with Gasteiger partial charge in [0.1, 0.15) is 23.0 Å². The maximum atomic E-state index is 13.5. The van der Waals surface area contributed by atoms with E-state index < -0.39 is 22.2 Å². The van der Waals surface area contributed by atoms with Gasteiger partial charge in [0.25, 0.3) is 5.69 Å². The largest absolute Gasteiger partial charge is 0.345 e. The van der Waals surface area contributed by atoms with Crippen LogP contribution in [-0.4, -0.2) is 4.92 Å². The minimum atomic E-state index is -0.822. The Hall–Kier alpha value is -2.02. The first kappa shape index (κ1) is 13.4. The Morgan fingerprint density at radius 1 is 1.16 bits per heavy atom. The lowest BCUT2D eigenvalue weighted by Crippen LogP contribution is -2.00. The van der Waals surface area contributed by atoms with Crippen molar-refractivity contribution in [1.82, 2.24) is 0 Å². The van der Waals surface area contributed by atoms with Crippen molar-refractivity contribution in [3.05, 3.63) is 62.6 Å². The van der Waals surface area contributed by atoms with E-state index in [4.69, 9.17) is 0 Å². The van der Waals surface area contributed by atoms with Crippen LogP contribution in [0.5, 0.6) is 0 Å². The number of halogens is 3. The summed E-state index contributed by atoms with van der Waals surface area (Å²) in [5.41, 5.74) is -0.692. The summed E-state index contributed by atoms with van der Waals surface area (Å²) in [6, 6.07) is 7.50. The molecule has 0 spiro atoms. The number of nitro groups is 1. The number of benzene rings is 2. The summed E-state index contributed by atoms with van der Waals surface area (Å²) in [7, 11) is 0. The minimum absolute atomic E-state index is 0.0113. The molecule has 2 aromatic rings. The van der Waals surface area contributed by atoms with Gasteiger partial charge in [0.15, 0.2) is 0 Å². The van der Waals surface area contributed by atoms with E-state index in [1.54, 1.807) is 0 Å². The zero-order valence-electron chi connectivity index (χ0n) is 9.36. The van der Waals surface area contributed by atoms with E-state index in [0.29, 0.717) is 4.47 Å². The van der Waals surface area contributed by atoms with Crippen molar-refractivity contribution in [2.45, 2.75) is 0 Å². The zero-order valence-corrected chi connectivity index (χ0v) is 10.9. The molecule has 2 rings (SSSR count). The van der Waals surface area contributed by atoms with Crippen LogP contribution in [0.4, 0.5) is 25.8 Å². The highest BCUT2D eigenvalue weighted by atomic mass is 79.9. The Morgan fingerprint density at radius 3 is 2.37 bits per heavy atom. The summed E-state index contributed by atoms with van der Waals surface area (Å²) in [6.45, 7) is 0. The predicted molar refractivity (Wildman–Crippen MR) is 70.4 cm³/mol. The van der Waals surface area contributed by atoms with Crippen LogP contribution in [0, 0.1) is 21.7 Å². The topological polar surface area (TPSA) is 55.2 Å². The molecule has 0 saturated heterocycles. The highest BCUT2D eigenvalue weighted by Crippen LogP contribution is 2.32. The van der Waals surface area contributed by atoms with Gasteiger partial charge in [0.05, 0.1) is 4.92 Å². The number of nitrogens with zero attached hydrogens (tertiary/aromatic N) is 1. The number of hydrogen-bond acceptors (Lipinski definition) is 3. The molecule has 0 atom stereocenters. The summed E-state index contributed by atoms with van der Waals surface area (Å²) < 4.78 is 27.4. The quantitative estimate of drug-likeness (QED) is 0.672. The molecule has 0 aliphatic carbocycles. The Morgan fingerprint density at radius 2 is 1.79 bits per heavy atom. The molecule has 0 aromatic heterocycles. The number of nitrogens with one attached hydrogen (secondary N) is 1. The normalized spacial score (nSPS) is 10.3. The van der Waals surface area contributed by atoms with Crippen LogP contribution in [0.2, 0.25) is 0 Å². The van der Waals surface area contributed by atoms with Crippen LogP contribution in [0.25, 0.3) is 0 Å². The molecule has 98 valence electrons. The summed E-state index contributed by atoms with van der Waals surface area (Å²) in [4.78, 5) is 10.3. The van der Waals surface area contributed by atoms with Gasteiger partial charge in [-0.15, -0.1) is 0 Å². The summed E-state index contributed by atoms with van der Waals surface area (Å²) in [5.74, 6) is -1.64. The van der Waals surface area contributed by atoms with Crippen LogP contribution < -0.4 is 5.32 Å². The molecular formula is C12H7BrF2N2O2. The summed E-state index contributed by atoms with van der Waals surface area (Å²) >= 11 is 3.10. The van der Waals surface area contributed by atoms with Gasteiger partial charge >= 0.3 is 0 Å². The van der Waals surface area contributed by atoms with Crippen LogP contribution in [0.1, 0.15) is 0 Å². The molecule has 2 aromatic carbocycles. The van der Waals surface area contributed by atoms with E-state index in [1.165, 1.54) is 24.3 Å². The number of para-hydroxylation sites is 1. The Balaban J connectivity index is 2.47. The van der Waals surface area contributed by atoms with Gasteiger partial charge in [-0.1, -0.05) is 22.0 Å². The molecule has 0 aliphatic heterocycles. The van der Waals surface area contributed by atoms with Gasteiger partial charge in [-0.3, -0.25) is 10.1 Å². The van der Waals surface area contributed by atoms with Crippen molar-refractivity contribution in [3.63, 3.8) is 0 Å². The highest BCUT2D eigenvalue weighted by molar-refractivity contribution is 9.10. The number of anilines is 2. The van der Waals surface area contributed by atoms with E-state index in [1.807, 2.05) is 0 Å². The third kappa shape index (κ3) is 2.87. The van der Waals surface area contributed by atoms with E-state index in [-0.39, 0.29) is 11.4 Å². The first-order valence-electron chi connectivity index (χ1n) is 5.14. The summed E-state index contributed by atoms with van der Waals surface area (Å²) in [5, 5.41) is 13.3. The second kappa shape index (κ2) is 5.31. The number of hydrogen-bond donors (Lipinski definition) is 1. The molecule has 1 N–H and O–H groups in total. The first-order valence-corrected chi connectivity index (χ1v) is 5.93. The second-order valence-electron chi connectivity index (χ2n) is 3.64. The lowest BCUT2D eigenvalue weighted by atomic mass is 10.2. The molecule has 7 heteroatoms. The average molecular weight is 329 g/mol. The Bertz CT molecular complexity index is 629. The van der Waals surface area contributed by atoms with E-state index in [9.17, 15) is 18.9 Å². The second-order valence-corrected chi connectivity index (χ2v) is 4.56. The molecule has 0 aliphatic rings. The fourth-order valence-corrected chi connectivity index (χ4v) is 1.86. The van der Waals surface area contributed by atoms with Crippen LogP contribution >= 0.6 is 15.9 Å². The molecule has 0 heterocycles. The van der Waals surface area contributed by atoms with Crippen LogP contribution in [-0.2, 0) is 0 Å². The fraction of sp³-hybridized carbons (Fsp3) is 0. The Labute approximate surface area is 115 Å². The zero-order chi connectivity index (χ0) is 14.0. The van der Waals surface area contributed by atoms with Crippen molar-refractivity contribution in [3.8, 4) is 0 Å². The SMILES string of the molecule is O=[N+]([O-])c1cc(Br)ccc1Nc1c(F)cccc1F. The van der Waals surface area contributed by atoms with Gasteiger partial charge in [-0.05, 0) is 24.3 Å². The van der Waals surface area contributed by atoms with Crippen molar-refractivity contribution in [2.24, 2.45) is 0 Å². The lowest BCUT2D eigenvalue weighted by molar-refractivity contribution is -0.384. The number of rotatable bonds is 3. The lowest BCUT2D eigenvalue weighted by Gasteiger charge is -2.09. The first-order chi connectivity index (χ1) is 8.99. The van der Waals surface area contributed by atoms with Crippen molar-refractivity contribution in [2.75, 3.05) is 5.32 Å². The molecule has 0 bridgehead atoms. The molecule has 0 unspecified atom stereocenters. The van der Waals surface area contributed by atoms with Crippen molar-refractivity contribution in [1.29, 1.82) is 0 Å². The molecule has 0 fully saturated rings. The third-order valence-electron chi connectivity index (χ3n) is 2.38. The van der Waals surface area contributed by atoms with Crippen LogP contribution in [0.3, 0.4) is 0 Å². The standard InChI is InChI=1S/C12H7BrF2N2O2/c13-7-4-5-10(11(6-7)17(18)19)16-12-8(14)2-1-3-9(12)15/h1-6,16H. The van der Waals surface area contributed by atoms with E-state index in [0.717, 1.165) is 12.1 Å². The van der Waals surface area contributed by atoms with Crippen LogP contribution in [0.15, 0.2) is 40.9 Å². The van der Waals surface area contributed by atoms with Gasteiger partial charge in [-0.25, -0.2) is 8.78 Å². The molecular weight excluding hydrogens is 322 g/mol. The van der Waals surface area contributed by atoms with Gasteiger partial charge in [-0.2, -0.15) is 0 Å². The highest BCUT2D eigenvalue weighted by Gasteiger charge is 2.17. The minimum Gasteiger partial charge on any atom is -0.345 e. The number of nitro benzene ring substituents is 1. The van der Waals surface area contributed by atoms with E-state index in [2.05, 4.69) is 21.2 Å². The molecule has 4 nitrogen and oxygen atoms in total.